The second-order valence-corrected chi connectivity index (χ2v) is 4.20. The number of hydrogen-bond donors (Lipinski definition) is 2. The molecule has 1 atom stereocenters. The van der Waals surface area contributed by atoms with Crippen LogP contribution >= 0.6 is 0 Å². The van der Waals surface area contributed by atoms with Gasteiger partial charge in [0.2, 0.25) is 0 Å². The molecule has 2 heteroatoms. The largest absolute Gasteiger partial charge is 0.330 e. The van der Waals surface area contributed by atoms with Crippen LogP contribution in [0.5, 0.6) is 0 Å². The third kappa shape index (κ3) is 4.45. The van der Waals surface area contributed by atoms with Crippen LogP contribution in [0.15, 0.2) is 24.3 Å². The highest BCUT2D eigenvalue weighted by atomic mass is 14.6. The minimum atomic E-state index is 0.237. The van der Waals surface area contributed by atoms with E-state index in [4.69, 9.17) is 11.5 Å². The Morgan fingerprint density at radius 3 is 2.40 bits per heavy atom. The average molecular weight is 206 g/mol. The highest BCUT2D eigenvalue weighted by Crippen LogP contribution is 2.13. The van der Waals surface area contributed by atoms with Crippen LogP contribution in [-0.4, -0.2) is 12.6 Å². The van der Waals surface area contributed by atoms with E-state index in [-0.39, 0.29) is 6.04 Å². The fraction of sp³-hybridized carbons (Fsp3) is 0.538. The quantitative estimate of drug-likeness (QED) is 0.698. The molecule has 0 aliphatic rings. The molecule has 15 heavy (non-hydrogen) atoms. The summed E-state index contributed by atoms with van der Waals surface area (Å²) in [5.74, 6) is 0. The highest BCUT2D eigenvalue weighted by molar-refractivity contribution is 5.27. The summed E-state index contributed by atoms with van der Waals surface area (Å²) in [7, 11) is 0. The van der Waals surface area contributed by atoms with Gasteiger partial charge in [-0.2, -0.15) is 0 Å². The summed E-state index contributed by atoms with van der Waals surface area (Å²) < 4.78 is 0. The Morgan fingerprint density at radius 1 is 1.13 bits per heavy atom. The summed E-state index contributed by atoms with van der Waals surface area (Å²) in [6.45, 7) is 2.84. The smallest absolute Gasteiger partial charge is 0.00510 e. The van der Waals surface area contributed by atoms with Gasteiger partial charge in [-0.15, -0.1) is 0 Å². The first-order valence-electron chi connectivity index (χ1n) is 5.76. The van der Waals surface area contributed by atoms with Crippen molar-refractivity contribution in [1.82, 2.24) is 0 Å². The van der Waals surface area contributed by atoms with Crippen LogP contribution in [0.1, 0.15) is 30.9 Å². The highest BCUT2D eigenvalue weighted by Gasteiger charge is 2.03. The molecular weight excluding hydrogens is 184 g/mol. The fourth-order valence-electron chi connectivity index (χ4n) is 1.81. The van der Waals surface area contributed by atoms with Crippen LogP contribution < -0.4 is 11.5 Å². The van der Waals surface area contributed by atoms with Crippen LogP contribution in [0.4, 0.5) is 0 Å². The molecule has 0 fully saturated rings. The van der Waals surface area contributed by atoms with Gasteiger partial charge >= 0.3 is 0 Å². The average Bonchev–Trinajstić information content (AvgIpc) is 2.20. The van der Waals surface area contributed by atoms with Gasteiger partial charge in [0.15, 0.2) is 0 Å². The van der Waals surface area contributed by atoms with Gasteiger partial charge in [-0.05, 0) is 50.3 Å². The molecule has 0 radical (unpaired) electrons. The predicted molar refractivity (Wildman–Crippen MR) is 65.8 cm³/mol. The van der Waals surface area contributed by atoms with Crippen molar-refractivity contribution in [3.05, 3.63) is 35.4 Å². The van der Waals surface area contributed by atoms with E-state index in [9.17, 15) is 0 Å². The number of benzene rings is 1. The molecule has 1 aromatic rings. The van der Waals surface area contributed by atoms with Crippen molar-refractivity contribution in [3.8, 4) is 0 Å². The summed E-state index contributed by atoms with van der Waals surface area (Å²) in [5.41, 5.74) is 14.1. The van der Waals surface area contributed by atoms with Crippen LogP contribution in [-0.2, 0) is 12.8 Å². The van der Waals surface area contributed by atoms with Crippen molar-refractivity contribution in [2.45, 2.75) is 38.6 Å². The van der Waals surface area contributed by atoms with Crippen molar-refractivity contribution in [1.29, 1.82) is 0 Å². The van der Waals surface area contributed by atoms with E-state index >= 15 is 0 Å². The first-order valence-corrected chi connectivity index (χ1v) is 5.76. The van der Waals surface area contributed by atoms with Gasteiger partial charge in [-0.1, -0.05) is 24.3 Å². The third-order valence-corrected chi connectivity index (χ3v) is 2.56. The van der Waals surface area contributed by atoms with E-state index in [2.05, 4.69) is 31.2 Å². The molecule has 1 aromatic carbocycles. The maximum atomic E-state index is 5.83. The Kier molecular flexibility index (Phi) is 5.37. The van der Waals surface area contributed by atoms with Gasteiger partial charge in [0.05, 0.1) is 0 Å². The second kappa shape index (κ2) is 6.59. The number of nitrogens with two attached hydrogens (primary N) is 2. The first-order chi connectivity index (χ1) is 7.24. The Bertz CT molecular complexity index is 282. The van der Waals surface area contributed by atoms with E-state index in [1.807, 2.05) is 0 Å². The molecule has 84 valence electrons. The molecule has 1 unspecified atom stereocenters. The zero-order valence-corrected chi connectivity index (χ0v) is 9.58. The van der Waals surface area contributed by atoms with Crippen LogP contribution in [0.25, 0.3) is 0 Å². The van der Waals surface area contributed by atoms with Gasteiger partial charge in [0, 0.05) is 6.04 Å². The summed E-state index contributed by atoms with van der Waals surface area (Å²) >= 11 is 0. The number of unbranched alkanes of at least 4 members (excludes halogenated alkanes) is 1. The minimum absolute atomic E-state index is 0.237. The molecule has 0 amide bonds. The molecule has 1 rings (SSSR count). The lowest BCUT2D eigenvalue weighted by atomic mass is 9.97. The Hall–Kier alpha value is -0.860. The lowest BCUT2D eigenvalue weighted by Crippen LogP contribution is -2.18. The monoisotopic (exact) mass is 206 g/mol. The third-order valence-electron chi connectivity index (χ3n) is 2.56. The van der Waals surface area contributed by atoms with Gasteiger partial charge in [0.1, 0.15) is 0 Å². The SMILES string of the molecule is CC(N)Cc1ccccc1CCCCN. The van der Waals surface area contributed by atoms with Crippen molar-refractivity contribution in [3.63, 3.8) is 0 Å². The predicted octanol–water partition coefficient (Wildman–Crippen LogP) is 1.86. The molecule has 0 spiro atoms. The van der Waals surface area contributed by atoms with E-state index in [0.29, 0.717) is 0 Å². The van der Waals surface area contributed by atoms with Crippen LogP contribution in [0.2, 0.25) is 0 Å². The second-order valence-electron chi connectivity index (χ2n) is 4.20. The van der Waals surface area contributed by atoms with E-state index in [0.717, 1.165) is 25.8 Å². The number of rotatable bonds is 6. The number of aryl methyl sites for hydroxylation is 1. The fourth-order valence-corrected chi connectivity index (χ4v) is 1.81. The minimum Gasteiger partial charge on any atom is -0.330 e. The Balaban J connectivity index is 2.60. The zero-order valence-electron chi connectivity index (χ0n) is 9.58. The summed E-state index contributed by atoms with van der Waals surface area (Å²) in [4.78, 5) is 0. The lowest BCUT2D eigenvalue weighted by molar-refractivity contribution is 0.710. The zero-order chi connectivity index (χ0) is 11.1. The van der Waals surface area contributed by atoms with E-state index < -0.39 is 0 Å². The van der Waals surface area contributed by atoms with Gasteiger partial charge in [-0.25, -0.2) is 0 Å². The molecule has 0 saturated carbocycles. The van der Waals surface area contributed by atoms with Gasteiger partial charge < -0.3 is 11.5 Å². The molecule has 0 saturated heterocycles. The normalized spacial score (nSPS) is 12.7. The maximum Gasteiger partial charge on any atom is 0.00510 e. The molecule has 2 nitrogen and oxygen atoms in total. The van der Waals surface area contributed by atoms with E-state index in [1.165, 1.54) is 17.5 Å². The van der Waals surface area contributed by atoms with Crippen molar-refractivity contribution in [2.24, 2.45) is 11.5 Å². The molecule has 4 N–H and O–H groups in total. The van der Waals surface area contributed by atoms with Crippen molar-refractivity contribution < 1.29 is 0 Å². The molecule has 0 aliphatic carbocycles. The molecular formula is C13H22N2. The first kappa shape index (κ1) is 12.2. The van der Waals surface area contributed by atoms with Crippen molar-refractivity contribution >= 4 is 0 Å². The lowest BCUT2D eigenvalue weighted by Gasteiger charge is -2.11. The van der Waals surface area contributed by atoms with Crippen LogP contribution in [0.3, 0.4) is 0 Å². The molecule has 0 aromatic heterocycles. The van der Waals surface area contributed by atoms with Crippen molar-refractivity contribution in [2.75, 3.05) is 6.54 Å². The topological polar surface area (TPSA) is 52.0 Å². The molecule has 0 bridgehead atoms. The molecule has 0 aliphatic heterocycles. The number of hydrogen-bond acceptors (Lipinski definition) is 2. The summed E-state index contributed by atoms with van der Waals surface area (Å²) in [5, 5.41) is 0. The van der Waals surface area contributed by atoms with E-state index in [1.54, 1.807) is 0 Å². The molecule has 0 heterocycles. The standard InChI is InChI=1S/C13H22N2/c1-11(15)10-13-8-3-2-6-12(13)7-4-5-9-14/h2-3,6,8,11H,4-5,7,9-10,14-15H2,1H3. The summed E-state index contributed by atoms with van der Waals surface area (Å²) in [6, 6.07) is 8.81. The Morgan fingerprint density at radius 2 is 1.80 bits per heavy atom. The Labute approximate surface area is 92.7 Å². The van der Waals surface area contributed by atoms with Crippen LogP contribution in [0, 0.1) is 0 Å². The van der Waals surface area contributed by atoms with Gasteiger partial charge in [-0.3, -0.25) is 0 Å². The van der Waals surface area contributed by atoms with Gasteiger partial charge in [0.25, 0.3) is 0 Å². The maximum absolute atomic E-state index is 5.83. The summed E-state index contributed by atoms with van der Waals surface area (Å²) in [6.07, 6.45) is 4.37.